The van der Waals surface area contributed by atoms with Gasteiger partial charge in [0.05, 0.1) is 17.4 Å². The van der Waals surface area contributed by atoms with E-state index in [9.17, 15) is 0 Å². The van der Waals surface area contributed by atoms with E-state index >= 15 is 0 Å². The van der Waals surface area contributed by atoms with E-state index in [1.54, 1.807) is 17.4 Å². The highest BCUT2D eigenvalue weighted by Crippen LogP contribution is 2.35. The van der Waals surface area contributed by atoms with Gasteiger partial charge in [-0.05, 0) is 48.2 Å². The summed E-state index contributed by atoms with van der Waals surface area (Å²) in [5, 5.41) is 15.1. The van der Waals surface area contributed by atoms with Gasteiger partial charge < -0.3 is 10.3 Å². The zero-order valence-electron chi connectivity index (χ0n) is 21.1. The fourth-order valence-electron chi connectivity index (χ4n) is 4.51. The zero-order valence-corrected chi connectivity index (χ0v) is 22.7. The lowest BCUT2D eigenvalue weighted by atomic mass is 10.0. The number of aromatic amines is 2. The first-order valence-corrected chi connectivity index (χ1v) is 13.7. The second kappa shape index (κ2) is 10.6. The van der Waals surface area contributed by atoms with E-state index in [0.29, 0.717) is 4.99 Å². The summed E-state index contributed by atoms with van der Waals surface area (Å²) in [6.07, 6.45) is 11.4. The van der Waals surface area contributed by atoms with Crippen LogP contribution in [-0.4, -0.2) is 30.1 Å². The van der Waals surface area contributed by atoms with Gasteiger partial charge in [0.2, 0.25) is 0 Å². The molecule has 1 aromatic carbocycles. The van der Waals surface area contributed by atoms with Gasteiger partial charge in [0.25, 0.3) is 0 Å². The molecule has 0 atom stereocenters. The highest BCUT2D eigenvalue weighted by molar-refractivity contribution is 7.80. The van der Waals surface area contributed by atoms with E-state index in [4.69, 9.17) is 12.2 Å². The van der Waals surface area contributed by atoms with Crippen LogP contribution >= 0.6 is 23.6 Å². The Balaban J connectivity index is 1.36. The first-order valence-electron chi connectivity index (χ1n) is 12.4. The molecular weight excluding hydrogens is 521 g/mol. The number of fused-ring (bicyclic) bond motifs is 2. The molecule has 0 bridgehead atoms. The zero-order chi connectivity index (χ0) is 26.8. The summed E-state index contributed by atoms with van der Waals surface area (Å²) in [5.74, 6) is 0. The molecule has 0 amide bonds. The molecule has 190 valence electrons. The number of hydrogen-bond donors (Lipinski definition) is 3. The standard InChI is InChI=1S/C31H24N6S2/c1-3-19(13-22(4-2)34-31(38)20-9-6-5-7-10-20)21-14-24-29(36-37-30(24)33-16-21)26-15-23-25(28-11-8-12-39-28)17-32-18-27(23)35-26/h3-18,35H,2H2,1H3,(H,34,38)(H,33,36,37)/b19-3+,22-13+. The maximum absolute atomic E-state index is 5.60. The molecule has 5 aromatic heterocycles. The quantitative estimate of drug-likeness (QED) is 0.142. The van der Waals surface area contributed by atoms with Gasteiger partial charge in [0.1, 0.15) is 10.7 Å². The molecule has 0 aliphatic heterocycles. The minimum Gasteiger partial charge on any atom is -0.352 e. The van der Waals surface area contributed by atoms with E-state index in [1.807, 2.05) is 68.0 Å². The first kappa shape index (κ1) is 24.7. The average molecular weight is 545 g/mol. The molecular formula is C31H24N6S2. The topological polar surface area (TPSA) is 82.3 Å². The first-order chi connectivity index (χ1) is 19.1. The summed E-state index contributed by atoms with van der Waals surface area (Å²) in [6, 6.07) is 18.3. The molecule has 6 rings (SSSR count). The summed E-state index contributed by atoms with van der Waals surface area (Å²) < 4.78 is 0. The van der Waals surface area contributed by atoms with Gasteiger partial charge >= 0.3 is 0 Å². The maximum atomic E-state index is 5.60. The number of nitrogens with zero attached hydrogens (tertiary/aromatic N) is 3. The summed E-state index contributed by atoms with van der Waals surface area (Å²) in [5.41, 5.74) is 8.17. The highest BCUT2D eigenvalue weighted by Gasteiger charge is 2.16. The number of thiocarbonyl (C=S) groups is 1. The van der Waals surface area contributed by atoms with Gasteiger partial charge in [-0.1, -0.05) is 61.3 Å². The fraction of sp³-hybridized carbons (Fsp3) is 0.0323. The van der Waals surface area contributed by atoms with Crippen LogP contribution in [-0.2, 0) is 0 Å². The largest absolute Gasteiger partial charge is 0.352 e. The summed E-state index contributed by atoms with van der Waals surface area (Å²) in [6.45, 7) is 5.97. The van der Waals surface area contributed by atoms with Gasteiger partial charge in [-0.15, -0.1) is 11.3 Å². The van der Waals surface area contributed by atoms with Gasteiger partial charge in [-0.25, -0.2) is 4.98 Å². The molecule has 0 radical (unpaired) electrons. The minimum atomic E-state index is 0.637. The predicted molar refractivity (Wildman–Crippen MR) is 165 cm³/mol. The molecule has 0 saturated carbocycles. The van der Waals surface area contributed by atoms with Crippen LogP contribution in [0.1, 0.15) is 18.1 Å². The number of allylic oxidation sites excluding steroid dienone is 4. The third-order valence-electron chi connectivity index (χ3n) is 6.47. The molecule has 8 heteroatoms. The van der Waals surface area contributed by atoms with E-state index < -0.39 is 0 Å². The number of aromatic nitrogens is 5. The monoisotopic (exact) mass is 544 g/mol. The lowest BCUT2D eigenvalue weighted by Gasteiger charge is -2.10. The number of pyridine rings is 2. The van der Waals surface area contributed by atoms with E-state index in [-0.39, 0.29) is 0 Å². The van der Waals surface area contributed by atoms with Crippen molar-refractivity contribution in [1.29, 1.82) is 0 Å². The molecule has 39 heavy (non-hydrogen) atoms. The Morgan fingerprint density at radius 3 is 2.67 bits per heavy atom. The van der Waals surface area contributed by atoms with E-state index in [0.717, 1.165) is 61.3 Å². The summed E-state index contributed by atoms with van der Waals surface area (Å²) in [4.78, 5) is 14.4. The Bertz CT molecular complexity index is 1870. The van der Waals surface area contributed by atoms with Crippen LogP contribution in [0.5, 0.6) is 0 Å². The van der Waals surface area contributed by atoms with Crippen LogP contribution in [0.2, 0.25) is 0 Å². The Hall–Kier alpha value is -4.66. The van der Waals surface area contributed by atoms with Crippen molar-refractivity contribution in [3.05, 3.63) is 120 Å². The third-order valence-corrected chi connectivity index (χ3v) is 7.71. The number of benzene rings is 1. The van der Waals surface area contributed by atoms with E-state index in [2.05, 4.69) is 66.7 Å². The number of hydrogen-bond acceptors (Lipinski definition) is 5. The molecule has 0 aliphatic rings. The molecule has 0 fully saturated rings. The smallest absolute Gasteiger partial charge is 0.155 e. The molecule has 5 heterocycles. The Morgan fingerprint density at radius 2 is 1.90 bits per heavy atom. The van der Waals surface area contributed by atoms with Crippen molar-refractivity contribution in [1.82, 2.24) is 30.5 Å². The summed E-state index contributed by atoms with van der Waals surface area (Å²) in [7, 11) is 0. The Morgan fingerprint density at radius 1 is 1.03 bits per heavy atom. The van der Waals surface area contributed by atoms with Crippen molar-refractivity contribution in [2.24, 2.45) is 0 Å². The fourth-order valence-corrected chi connectivity index (χ4v) is 5.52. The van der Waals surface area contributed by atoms with Gasteiger partial charge in [0, 0.05) is 50.4 Å². The van der Waals surface area contributed by atoms with Crippen LogP contribution in [0.25, 0.3) is 49.3 Å². The molecule has 0 saturated heterocycles. The average Bonchev–Trinajstić information content (AvgIpc) is 3.74. The van der Waals surface area contributed by atoms with Crippen molar-refractivity contribution in [3.8, 4) is 21.8 Å². The van der Waals surface area contributed by atoms with Gasteiger partial charge in [0.15, 0.2) is 5.65 Å². The van der Waals surface area contributed by atoms with Crippen LogP contribution < -0.4 is 5.32 Å². The van der Waals surface area contributed by atoms with Gasteiger partial charge in [-0.3, -0.25) is 10.1 Å². The number of rotatable bonds is 7. The van der Waals surface area contributed by atoms with Crippen LogP contribution in [0.3, 0.4) is 0 Å². The molecule has 0 spiro atoms. The van der Waals surface area contributed by atoms with Crippen molar-refractivity contribution in [2.45, 2.75) is 6.92 Å². The van der Waals surface area contributed by atoms with Crippen molar-refractivity contribution >= 4 is 56.1 Å². The molecule has 0 aliphatic carbocycles. The van der Waals surface area contributed by atoms with Crippen LogP contribution in [0, 0.1) is 0 Å². The number of nitrogens with one attached hydrogen (secondary N) is 3. The summed E-state index contributed by atoms with van der Waals surface area (Å²) >= 11 is 7.30. The molecule has 6 aromatic rings. The molecule has 6 nitrogen and oxygen atoms in total. The number of H-pyrrole nitrogens is 2. The van der Waals surface area contributed by atoms with E-state index in [1.165, 1.54) is 4.88 Å². The lowest BCUT2D eigenvalue weighted by Crippen LogP contribution is -2.20. The molecule has 3 N–H and O–H groups in total. The Kier molecular flexibility index (Phi) is 6.71. The van der Waals surface area contributed by atoms with Crippen molar-refractivity contribution in [3.63, 3.8) is 0 Å². The Labute approximate surface area is 234 Å². The normalized spacial score (nSPS) is 12.2. The van der Waals surface area contributed by atoms with Crippen LogP contribution in [0.4, 0.5) is 0 Å². The lowest BCUT2D eigenvalue weighted by molar-refractivity contribution is 1.10. The highest BCUT2D eigenvalue weighted by atomic mass is 32.1. The van der Waals surface area contributed by atoms with Gasteiger partial charge in [-0.2, -0.15) is 5.10 Å². The van der Waals surface area contributed by atoms with Crippen molar-refractivity contribution < 1.29 is 0 Å². The third kappa shape index (κ3) is 4.83. The van der Waals surface area contributed by atoms with Crippen molar-refractivity contribution in [2.75, 3.05) is 0 Å². The number of thiophene rings is 1. The second-order valence-corrected chi connectivity index (χ2v) is 10.2. The molecule has 0 unspecified atom stereocenters. The second-order valence-electron chi connectivity index (χ2n) is 8.87. The maximum Gasteiger partial charge on any atom is 0.155 e. The predicted octanol–water partition coefficient (Wildman–Crippen LogP) is 7.67. The SMILES string of the molecule is C=C/C(=C\C(=C/C)c1cnc2[nH]nc(-c3cc4c(-c5cccs5)cncc4[nH]3)c2c1)NC(=S)c1ccccc1. The van der Waals surface area contributed by atoms with Crippen LogP contribution in [0.15, 0.2) is 109 Å². The minimum absolute atomic E-state index is 0.637.